The molecule has 110 valence electrons. The van der Waals surface area contributed by atoms with Gasteiger partial charge in [0.15, 0.2) is 0 Å². The zero-order chi connectivity index (χ0) is 13.6. The third-order valence-electron chi connectivity index (χ3n) is 4.16. The van der Waals surface area contributed by atoms with Crippen molar-refractivity contribution in [1.29, 1.82) is 0 Å². The molecule has 1 amide bonds. The number of hydrogen-bond acceptors (Lipinski definition) is 3. The van der Waals surface area contributed by atoms with Crippen molar-refractivity contribution in [2.75, 3.05) is 13.1 Å². The Hall–Kier alpha value is -0.840. The van der Waals surface area contributed by atoms with Crippen molar-refractivity contribution in [3.05, 3.63) is 27.5 Å². The molecule has 1 N–H and O–H groups in total. The molecule has 0 spiro atoms. The normalized spacial score (nSPS) is 20.8. The van der Waals surface area contributed by atoms with E-state index in [4.69, 9.17) is 11.6 Å². The molecule has 6 heteroatoms. The van der Waals surface area contributed by atoms with E-state index in [0.29, 0.717) is 13.1 Å². The van der Waals surface area contributed by atoms with E-state index in [1.165, 1.54) is 0 Å². The first-order chi connectivity index (χ1) is 9.08. The van der Waals surface area contributed by atoms with Gasteiger partial charge in [-0.1, -0.05) is 11.6 Å². The van der Waals surface area contributed by atoms with Crippen molar-refractivity contribution in [3.8, 4) is 0 Å². The molecular weight excluding hydrogens is 297 g/mol. The van der Waals surface area contributed by atoms with Gasteiger partial charge < -0.3 is 10.2 Å². The number of pyridine rings is 1. The Morgan fingerprint density at radius 2 is 2.15 bits per heavy atom. The number of fused-ring (bicyclic) bond motifs is 1. The summed E-state index contributed by atoms with van der Waals surface area (Å²) < 4.78 is 0. The summed E-state index contributed by atoms with van der Waals surface area (Å²) in [5.74, 6) is 0.377. The first kappa shape index (κ1) is 15.5. The van der Waals surface area contributed by atoms with Crippen LogP contribution in [0.3, 0.4) is 0 Å². The number of amides is 1. The second kappa shape index (κ2) is 5.88. The van der Waals surface area contributed by atoms with Gasteiger partial charge in [-0.15, -0.1) is 12.4 Å². The van der Waals surface area contributed by atoms with E-state index >= 15 is 0 Å². The van der Waals surface area contributed by atoms with Crippen molar-refractivity contribution >= 4 is 29.9 Å². The Morgan fingerprint density at radius 3 is 2.80 bits per heavy atom. The standard InChI is InChI=1S/C14H18ClN3O.ClH/c1-8-11-6-18(14(19)10-3-4-16-5-10)7-12(11)17-9(2)13(8)15;/h10,16H,3-7H2,1-2H3;1H/t10-;/m1./s1. The third-order valence-corrected chi connectivity index (χ3v) is 4.72. The van der Waals surface area contributed by atoms with Crippen LogP contribution in [0.4, 0.5) is 0 Å². The number of halogens is 2. The molecule has 0 aromatic carbocycles. The fourth-order valence-corrected chi connectivity index (χ4v) is 3.14. The Balaban J connectivity index is 0.00000147. The number of carbonyl (C=O) groups is 1. The van der Waals surface area contributed by atoms with Crippen molar-refractivity contribution < 1.29 is 4.79 Å². The number of carbonyl (C=O) groups excluding carboxylic acids is 1. The van der Waals surface area contributed by atoms with Gasteiger partial charge in [0.1, 0.15) is 0 Å². The molecule has 1 saturated heterocycles. The van der Waals surface area contributed by atoms with Gasteiger partial charge in [-0.3, -0.25) is 9.78 Å². The van der Waals surface area contributed by atoms with E-state index in [2.05, 4.69) is 10.3 Å². The van der Waals surface area contributed by atoms with E-state index in [9.17, 15) is 4.79 Å². The quantitative estimate of drug-likeness (QED) is 0.864. The lowest BCUT2D eigenvalue weighted by atomic mass is 10.1. The van der Waals surface area contributed by atoms with Crippen molar-refractivity contribution in [3.63, 3.8) is 0 Å². The summed E-state index contributed by atoms with van der Waals surface area (Å²) >= 11 is 6.24. The molecule has 0 bridgehead atoms. The summed E-state index contributed by atoms with van der Waals surface area (Å²) in [7, 11) is 0. The van der Waals surface area contributed by atoms with Crippen LogP contribution in [0.25, 0.3) is 0 Å². The number of rotatable bonds is 1. The lowest BCUT2D eigenvalue weighted by molar-refractivity contribution is -0.135. The van der Waals surface area contributed by atoms with Gasteiger partial charge in [-0.25, -0.2) is 0 Å². The average Bonchev–Trinajstić information content (AvgIpc) is 3.04. The Morgan fingerprint density at radius 1 is 1.40 bits per heavy atom. The van der Waals surface area contributed by atoms with Crippen molar-refractivity contribution in [2.45, 2.75) is 33.4 Å². The van der Waals surface area contributed by atoms with Crippen LogP contribution in [0.15, 0.2) is 0 Å². The SMILES string of the molecule is Cc1nc2c(c(C)c1Cl)CN(C(=O)[C@@H]1CCNC1)C2.Cl. The van der Waals surface area contributed by atoms with Crippen LogP contribution in [0.5, 0.6) is 0 Å². The van der Waals surface area contributed by atoms with Gasteiger partial charge in [0.2, 0.25) is 5.91 Å². The highest BCUT2D eigenvalue weighted by molar-refractivity contribution is 6.32. The third kappa shape index (κ3) is 2.52. The van der Waals surface area contributed by atoms with Crippen LogP contribution in [0.1, 0.15) is 28.9 Å². The molecule has 3 rings (SSSR count). The molecule has 0 aliphatic carbocycles. The molecule has 1 aromatic rings. The number of aryl methyl sites for hydroxylation is 1. The largest absolute Gasteiger partial charge is 0.332 e. The molecule has 0 unspecified atom stereocenters. The van der Waals surface area contributed by atoms with Gasteiger partial charge in [-0.2, -0.15) is 0 Å². The molecule has 2 aliphatic heterocycles. The smallest absolute Gasteiger partial charge is 0.227 e. The summed E-state index contributed by atoms with van der Waals surface area (Å²) in [6.07, 6.45) is 0.942. The van der Waals surface area contributed by atoms with Gasteiger partial charge >= 0.3 is 0 Å². The number of nitrogens with one attached hydrogen (secondary N) is 1. The fraction of sp³-hybridized carbons (Fsp3) is 0.571. The minimum Gasteiger partial charge on any atom is -0.332 e. The predicted octanol–water partition coefficient (Wildman–Crippen LogP) is 2.23. The van der Waals surface area contributed by atoms with Gasteiger partial charge in [0.05, 0.1) is 28.9 Å². The molecule has 0 saturated carbocycles. The topological polar surface area (TPSA) is 45.2 Å². The molecule has 20 heavy (non-hydrogen) atoms. The van der Waals surface area contributed by atoms with E-state index < -0.39 is 0 Å². The van der Waals surface area contributed by atoms with Gasteiger partial charge in [-0.05, 0) is 37.9 Å². The molecule has 3 heterocycles. The lowest BCUT2D eigenvalue weighted by Crippen LogP contribution is -2.33. The zero-order valence-electron chi connectivity index (χ0n) is 11.7. The van der Waals surface area contributed by atoms with E-state index in [1.54, 1.807) is 0 Å². The molecule has 0 radical (unpaired) electrons. The van der Waals surface area contributed by atoms with Gasteiger partial charge in [0.25, 0.3) is 0 Å². The Bertz CT molecular complexity index is 542. The summed E-state index contributed by atoms with van der Waals surface area (Å²) in [5, 5.41) is 3.98. The predicted molar refractivity (Wildman–Crippen MR) is 81.2 cm³/mol. The average molecular weight is 316 g/mol. The van der Waals surface area contributed by atoms with Crippen LogP contribution in [0, 0.1) is 19.8 Å². The van der Waals surface area contributed by atoms with E-state index in [0.717, 1.165) is 47.0 Å². The summed E-state index contributed by atoms with van der Waals surface area (Å²) in [6.45, 7) is 6.96. The molecule has 4 nitrogen and oxygen atoms in total. The Kier molecular flexibility index (Phi) is 4.57. The maximum atomic E-state index is 12.4. The molecule has 1 atom stereocenters. The highest BCUT2D eigenvalue weighted by Gasteiger charge is 2.32. The highest BCUT2D eigenvalue weighted by Crippen LogP contribution is 2.31. The first-order valence-corrected chi connectivity index (χ1v) is 7.09. The first-order valence-electron chi connectivity index (χ1n) is 6.72. The van der Waals surface area contributed by atoms with E-state index in [-0.39, 0.29) is 24.2 Å². The summed E-state index contributed by atoms with van der Waals surface area (Å²) in [4.78, 5) is 18.9. The van der Waals surface area contributed by atoms with Crippen LogP contribution in [-0.2, 0) is 17.9 Å². The second-order valence-corrected chi connectivity index (χ2v) is 5.82. The zero-order valence-corrected chi connectivity index (χ0v) is 13.3. The minimum atomic E-state index is 0. The molecule has 1 aromatic heterocycles. The molecule has 2 aliphatic rings. The number of aromatic nitrogens is 1. The maximum absolute atomic E-state index is 12.4. The summed E-state index contributed by atoms with van der Waals surface area (Å²) in [6, 6.07) is 0. The number of hydrogen-bond donors (Lipinski definition) is 1. The van der Waals surface area contributed by atoms with Crippen LogP contribution in [-0.4, -0.2) is 28.9 Å². The lowest BCUT2D eigenvalue weighted by Gasteiger charge is -2.19. The van der Waals surface area contributed by atoms with Crippen LogP contribution < -0.4 is 5.32 Å². The monoisotopic (exact) mass is 315 g/mol. The van der Waals surface area contributed by atoms with E-state index in [1.807, 2.05) is 18.7 Å². The second-order valence-electron chi connectivity index (χ2n) is 5.45. The highest BCUT2D eigenvalue weighted by atomic mass is 35.5. The maximum Gasteiger partial charge on any atom is 0.227 e. The fourth-order valence-electron chi connectivity index (χ4n) is 2.99. The van der Waals surface area contributed by atoms with Crippen molar-refractivity contribution in [1.82, 2.24) is 15.2 Å². The Labute approximate surface area is 130 Å². The minimum absolute atomic E-state index is 0. The molecule has 1 fully saturated rings. The van der Waals surface area contributed by atoms with Crippen LogP contribution >= 0.6 is 24.0 Å². The summed E-state index contributed by atoms with van der Waals surface area (Å²) in [5.41, 5.74) is 4.08. The molecular formula is C14H19Cl2N3O. The van der Waals surface area contributed by atoms with Crippen LogP contribution in [0.2, 0.25) is 5.02 Å². The number of nitrogens with zero attached hydrogens (tertiary/aromatic N) is 2. The van der Waals surface area contributed by atoms with Gasteiger partial charge in [0, 0.05) is 13.1 Å². The van der Waals surface area contributed by atoms with Crippen molar-refractivity contribution in [2.24, 2.45) is 5.92 Å².